The minimum atomic E-state index is 0.355. The summed E-state index contributed by atoms with van der Waals surface area (Å²) in [6.45, 7) is 5.61. The van der Waals surface area contributed by atoms with E-state index in [9.17, 15) is 0 Å². The van der Waals surface area contributed by atoms with E-state index in [0.717, 1.165) is 31.1 Å². The lowest BCUT2D eigenvalue weighted by Crippen LogP contribution is -2.42. The van der Waals surface area contributed by atoms with Crippen LogP contribution in [0.1, 0.15) is 18.5 Å². The lowest BCUT2D eigenvalue weighted by atomic mass is 10.0. The van der Waals surface area contributed by atoms with Gasteiger partial charge >= 0.3 is 0 Å². The molecule has 0 radical (unpaired) electrons. The number of methoxy groups -OCH3 is 1. The van der Waals surface area contributed by atoms with Crippen molar-refractivity contribution in [1.29, 1.82) is 0 Å². The quantitative estimate of drug-likeness (QED) is 0.827. The molecule has 2 N–H and O–H groups in total. The molecule has 1 heterocycles. The molecular weight excluding hydrogens is 216 g/mol. The number of benzene rings is 1. The summed E-state index contributed by atoms with van der Waals surface area (Å²) in [5.41, 5.74) is 1.23. The number of hydrogen-bond acceptors (Lipinski definition) is 4. The Morgan fingerprint density at radius 1 is 1.29 bits per heavy atom. The molecule has 0 unspecified atom stereocenters. The lowest BCUT2D eigenvalue weighted by molar-refractivity contribution is 0.310. The zero-order valence-electron chi connectivity index (χ0n) is 10.5. The van der Waals surface area contributed by atoms with Crippen LogP contribution in [0.3, 0.4) is 0 Å². The van der Waals surface area contributed by atoms with Crippen LogP contribution in [-0.2, 0) is 0 Å². The topological polar surface area (TPSA) is 42.5 Å². The molecule has 0 amide bonds. The minimum absolute atomic E-state index is 0.355. The third-order valence-electron chi connectivity index (χ3n) is 2.93. The van der Waals surface area contributed by atoms with E-state index in [1.807, 2.05) is 13.0 Å². The van der Waals surface area contributed by atoms with E-state index >= 15 is 0 Å². The second-order valence-corrected chi connectivity index (χ2v) is 4.05. The van der Waals surface area contributed by atoms with Crippen LogP contribution in [0.4, 0.5) is 0 Å². The van der Waals surface area contributed by atoms with Crippen LogP contribution < -0.4 is 20.1 Å². The maximum Gasteiger partial charge on any atom is 0.161 e. The van der Waals surface area contributed by atoms with Crippen LogP contribution in [0.2, 0.25) is 0 Å². The van der Waals surface area contributed by atoms with Crippen molar-refractivity contribution in [3.63, 3.8) is 0 Å². The summed E-state index contributed by atoms with van der Waals surface area (Å²) in [5.74, 6) is 1.61. The Morgan fingerprint density at radius 3 is 2.82 bits per heavy atom. The number of rotatable bonds is 4. The van der Waals surface area contributed by atoms with Gasteiger partial charge in [0.1, 0.15) is 0 Å². The van der Waals surface area contributed by atoms with Gasteiger partial charge in [-0.15, -0.1) is 0 Å². The fraction of sp³-hybridized carbons (Fsp3) is 0.538. The Morgan fingerprint density at radius 2 is 2.18 bits per heavy atom. The highest BCUT2D eigenvalue weighted by Crippen LogP contribution is 2.30. The van der Waals surface area contributed by atoms with Crippen molar-refractivity contribution in [3.8, 4) is 11.5 Å². The Hall–Kier alpha value is -1.26. The zero-order chi connectivity index (χ0) is 12.1. The average molecular weight is 236 g/mol. The summed E-state index contributed by atoms with van der Waals surface area (Å²) in [7, 11) is 1.67. The molecule has 1 atom stereocenters. The molecule has 94 valence electrons. The maximum atomic E-state index is 5.51. The summed E-state index contributed by atoms with van der Waals surface area (Å²) < 4.78 is 10.9. The summed E-state index contributed by atoms with van der Waals surface area (Å²) in [6.07, 6.45) is 0. The first-order chi connectivity index (χ1) is 8.35. The molecule has 4 heteroatoms. The Balaban J connectivity index is 2.17. The molecule has 0 aromatic heterocycles. The van der Waals surface area contributed by atoms with Crippen molar-refractivity contribution < 1.29 is 9.47 Å². The first kappa shape index (κ1) is 12.2. The van der Waals surface area contributed by atoms with Crippen LogP contribution in [0.25, 0.3) is 0 Å². The number of hydrogen-bond donors (Lipinski definition) is 2. The first-order valence-corrected chi connectivity index (χ1v) is 6.10. The lowest BCUT2D eigenvalue weighted by Gasteiger charge is -2.25. The van der Waals surface area contributed by atoms with Gasteiger partial charge in [-0.1, -0.05) is 6.07 Å². The van der Waals surface area contributed by atoms with E-state index in [2.05, 4.69) is 22.8 Å². The first-order valence-electron chi connectivity index (χ1n) is 6.10. The van der Waals surface area contributed by atoms with Gasteiger partial charge in [0.15, 0.2) is 11.5 Å². The highest BCUT2D eigenvalue weighted by molar-refractivity contribution is 5.44. The zero-order valence-corrected chi connectivity index (χ0v) is 10.5. The summed E-state index contributed by atoms with van der Waals surface area (Å²) in [4.78, 5) is 0. The van der Waals surface area contributed by atoms with Gasteiger partial charge in [-0.25, -0.2) is 0 Å². The molecule has 0 aliphatic carbocycles. The summed E-state index contributed by atoms with van der Waals surface area (Å²) >= 11 is 0. The van der Waals surface area contributed by atoms with E-state index in [0.29, 0.717) is 12.6 Å². The molecule has 1 aromatic rings. The molecule has 2 rings (SSSR count). The summed E-state index contributed by atoms with van der Waals surface area (Å²) in [6, 6.07) is 6.48. The van der Waals surface area contributed by atoms with Gasteiger partial charge in [0.05, 0.1) is 13.7 Å². The van der Waals surface area contributed by atoms with E-state index in [1.54, 1.807) is 7.11 Å². The van der Waals surface area contributed by atoms with Gasteiger partial charge in [-0.3, -0.25) is 0 Å². The van der Waals surface area contributed by atoms with Gasteiger partial charge in [-0.05, 0) is 24.6 Å². The molecule has 0 spiro atoms. The summed E-state index contributed by atoms with van der Waals surface area (Å²) in [5, 5.41) is 6.86. The Kier molecular flexibility index (Phi) is 4.23. The smallest absolute Gasteiger partial charge is 0.161 e. The second kappa shape index (κ2) is 5.89. The fourth-order valence-corrected chi connectivity index (χ4v) is 2.06. The molecule has 1 aliphatic rings. The van der Waals surface area contributed by atoms with Crippen molar-refractivity contribution in [2.75, 3.05) is 33.4 Å². The number of nitrogens with one attached hydrogen (secondary N) is 2. The fourth-order valence-electron chi connectivity index (χ4n) is 2.06. The van der Waals surface area contributed by atoms with Crippen molar-refractivity contribution in [3.05, 3.63) is 23.8 Å². The largest absolute Gasteiger partial charge is 0.493 e. The number of piperazine rings is 1. The van der Waals surface area contributed by atoms with Gasteiger partial charge in [0, 0.05) is 25.7 Å². The highest BCUT2D eigenvalue weighted by atomic mass is 16.5. The standard InChI is InChI=1S/C13H20N2O2/c1-3-17-12-5-4-10(8-13(12)16-2)11-9-14-6-7-15-11/h4-5,8,11,14-15H,3,6-7,9H2,1-2H3/t11-/m0/s1. The average Bonchev–Trinajstić information content (AvgIpc) is 2.40. The number of ether oxygens (including phenoxy) is 2. The van der Waals surface area contributed by atoms with Crippen molar-refractivity contribution >= 4 is 0 Å². The van der Waals surface area contributed by atoms with Crippen molar-refractivity contribution in [2.24, 2.45) is 0 Å². The Labute approximate surface area is 102 Å². The third kappa shape index (κ3) is 2.90. The predicted molar refractivity (Wildman–Crippen MR) is 67.8 cm³/mol. The molecule has 1 aliphatic heterocycles. The SMILES string of the molecule is CCOc1ccc([C@@H]2CNCCN2)cc1OC. The molecule has 1 fully saturated rings. The van der Waals surface area contributed by atoms with E-state index in [4.69, 9.17) is 9.47 Å². The van der Waals surface area contributed by atoms with Gasteiger partial charge in [0.25, 0.3) is 0 Å². The van der Waals surface area contributed by atoms with Crippen LogP contribution in [-0.4, -0.2) is 33.4 Å². The van der Waals surface area contributed by atoms with E-state index in [-0.39, 0.29) is 0 Å². The molecule has 0 saturated carbocycles. The van der Waals surface area contributed by atoms with Gasteiger partial charge in [-0.2, -0.15) is 0 Å². The molecule has 1 saturated heterocycles. The van der Waals surface area contributed by atoms with Crippen LogP contribution in [0.15, 0.2) is 18.2 Å². The van der Waals surface area contributed by atoms with Crippen molar-refractivity contribution in [2.45, 2.75) is 13.0 Å². The molecular formula is C13H20N2O2. The monoisotopic (exact) mass is 236 g/mol. The van der Waals surface area contributed by atoms with Gasteiger partial charge < -0.3 is 20.1 Å². The molecule has 17 heavy (non-hydrogen) atoms. The molecule has 4 nitrogen and oxygen atoms in total. The minimum Gasteiger partial charge on any atom is -0.493 e. The van der Waals surface area contributed by atoms with Crippen LogP contribution >= 0.6 is 0 Å². The normalized spacial score (nSPS) is 20.0. The van der Waals surface area contributed by atoms with Crippen LogP contribution in [0, 0.1) is 0 Å². The van der Waals surface area contributed by atoms with Gasteiger partial charge in [0.2, 0.25) is 0 Å². The van der Waals surface area contributed by atoms with Crippen LogP contribution in [0.5, 0.6) is 11.5 Å². The van der Waals surface area contributed by atoms with Crippen molar-refractivity contribution in [1.82, 2.24) is 10.6 Å². The predicted octanol–water partition coefficient (Wildman–Crippen LogP) is 1.33. The van der Waals surface area contributed by atoms with E-state index in [1.165, 1.54) is 5.56 Å². The molecule has 0 bridgehead atoms. The maximum absolute atomic E-state index is 5.51. The highest BCUT2D eigenvalue weighted by Gasteiger charge is 2.16. The Bertz CT molecular complexity index is 362. The third-order valence-corrected chi connectivity index (χ3v) is 2.93. The second-order valence-electron chi connectivity index (χ2n) is 4.05. The van der Waals surface area contributed by atoms with E-state index < -0.39 is 0 Å². The molecule has 1 aromatic carbocycles.